The predicted octanol–water partition coefficient (Wildman–Crippen LogP) is 3.85. The van der Waals surface area contributed by atoms with E-state index in [0.717, 1.165) is 0 Å². The molecule has 1 heterocycles. The third kappa shape index (κ3) is 2.40. The molecule has 1 saturated heterocycles. The van der Waals surface area contributed by atoms with Crippen LogP contribution in [0.15, 0.2) is 0 Å². The molecule has 0 radical (unpaired) electrons. The molecule has 1 heteroatoms. The van der Waals surface area contributed by atoms with Gasteiger partial charge in [-0.15, -0.1) is 0 Å². The van der Waals surface area contributed by atoms with Crippen molar-refractivity contribution in [1.82, 2.24) is 0 Å². The molecule has 0 aliphatic carbocycles. The minimum absolute atomic E-state index is 0.663. The summed E-state index contributed by atoms with van der Waals surface area (Å²) in [5.74, 6) is 1.40. The summed E-state index contributed by atoms with van der Waals surface area (Å²) < 4.78 is 0.663. The van der Waals surface area contributed by atoms with E-state index >= 15 is 0 Å². The van der Waals surface area contributed by atoms with Crippen LogP contribution in [0.4, 0.5) is 0 Å². The van der Waals surface area contributed by atoms with Gasteiger partial charge in [0.05, 0.1) is 0 Å². The van der Waals surface area contributed by atoms with Crippen molar-refractivity contribution < 1.29 is 0 Å². The smallest absolute Gasteiger partial charge is 0.0154 e. The molecule has 1 rings (SSSR count). The summed E-state index contributed by atoms with van der Waals surface area (Å²) in [7, 11) is 0. The molecule has 0 amide bonds. The third-order valence-electron chi connectivity index (χ3n) is 2.97. The van der Waals surface area contributed by atoms with Gasteiger partial charge < -0.3 is 0 Å². The first-order chi connectivity index (χ1) is 5.33. The highest BCUT2D eigenvalue weighted by atomic mass is 32.2. The molecule has 1 fully saturated rings. The van der Waals surface area contributed by atoms with Gasteiger partial charge in [0.1, 0.15) is 0 Å². The van der Waals surface area contributed by atoms with E-state index in [1.807, 2.05) is 0 Å². The van der Waals surface area contributed by atoms with Crippen LogP contribution < -0.4 is 0 Å². The van der Waals surface area contributed by atoms with Crippen molar-refractivity contribution >= 4 is 11.8 Å². The van der Waals surface area contributed by atoms with Crippen LogP contribution >= 0.6 is 11.8 Å². The van der Waals surface area contributed by atoms with E-state index in [2.05, 4.69) is 25.6 Å². The summed E-state index contributed by atoms with van der Waals surface area (Å²) in [6.07, 6.45) is 8.59. The van der Waals surface area contributed by atoms with Crippen LogP contribution in [-0.4, -0.2) is 10.5 Å². The molecular formula is C10H20S. The van der Waals surface area contributed by atoms with Crippen molar-refractivity contribution in [2.45, 2.75) is 57.1 Å². The van der Waals surface area contributed by atoms with Gasteiger partial charge >= 0.3 is 0 Å². The normalized spacial score (nSPS) is 24.5. The van der Waals surface area contributed by atoms with Crippen molar-refractivity contribution in [1.29, 1.82) is 0 Å². The number of hydrogen-bond acceptors (Lipinski definition) is 1. The van der Waals surface area contributed by atoms with Gasteiger partial charge in [-0.25, -0.2) is 0 Å². The lowest BCUT2D eigenvalue weighted by Crippen LogP contribution is -2.21. The van der Waals surface area contributed by atoms with Crippen LogP contribution in [0.3, 0.4) is 0 Å². The largest absolute Gasteiger partial charge is 0.155 e. The van der Waals surface area contributed by atoms with E-state index in [9.17, 15) is 0 Å². The molecule has 0 aromatic rings. The van der Waals surface area contributed by atoms with Gasteiger partial charge in [0.25, 0.3) is 0 Å². The predicted molar refractivity (Wildman–Crippen MR) is 54.2 cm³/mol. The summed E-state index contributed by atoms with van der Waals surface area (Å²) in [6.45, 7) is 4.70. The van der Waals surface area contributed by atoms with Crippen LogP contribution in [0.1, 0.15) is 52.4 Å². The Morgan fingerprint density at radius 3 is 2.45 bits per heavy atom. The van der Waals surface area contributed by atoms with Crippen LogP contribution in [0, 0.1) is 0 Å². The van der Waals surface area contributed by atoms with E-state index in [-0.39, 0.29) is 0 Å². The maximum Gasteiger partial charge on any atom is 0.0154 e. The third-order valence-corrected chi connectivity index (χ3v) is 4.86. The Hall–Kier alpha value is 0.350. The molecule has 0 spiro atoms. The van der Waals surface area contributed by atoms with Crippen molar-refractivity contribution in [2.75, 3.05) is 5.75 Å². The van der Waals surface area contributed by atoms with Crippen LogP contribution in [0.5, 0.6) is 0 Å². The van der Waals surface area contributed by atoms with Gasteiger partial charge in [0, 0.05) is 4.75 Å². The van der Waals surface area contributed by atoms with Crippen LogP contribution in [0.2, 0.25) is 0 Å². The highest BCUT2D eigenvalue weighted by molar-refractivity contribution is 8.00. The molecule has 0 unspecified atom stereocenters. The fourth-order valence-corrected chi connectivity index (χ4v) is 3.37. The Labute approximate surface area is 75.1 Å². The Morgan fingerprint density at radius 1 is 1.09 bits per heavy atom. The zero-order valence-electron chi connectivity index (χ0n) is 7.86. The van der Waals surface area contributed by atoms with Gasteiger partial charge in [-0.05, 0) is 31.4 Å². The van der Waals surface area contributed by atoms with E-state index < -0.39 is 0 Å². The van der Waals surface area contributed by atoms with Crippen LogP contribution in [-0.2, 0) is 0 Å². The molecule has 1 aliphatic heterocycles. The molecule has 66 valence electrons. The van der Waals surface area contributed by atoms with Gasteiger partial charge in [0.15, 0.2) is 0 Å². The zero-order chi connectivity index (χ0) is 8.16. The van der Waals surface area contributed by atoms with Gasteiger partial charge in [-0.2, -0.15) is 11.8 Å². The Balaban J connectivity index is 2.49. The quantitative estimate of drug-likeness (QED) is 0.609. The molecule has 0 aromatic heterocycles. The SMILES string of the molecule is CCC1(CC)CCCCCS1. The molecule has 11 heavy (non-hydrogen) atoms. The Bertz CT molecular complexity index is 95.4. The molecular weight excluding hydrogens is 152 g/mol. The van der Waals surface area contributed by atoms with Gasteiger partial charge in [-0.3, -0.25) is 0 Å². The number of rotatable bonds is 2. The Kier molecular flexibility index (Phi) is 3.77. The first-order valence-corrected chi connectivity index (χ1v) is 5.95. The average molecular weight is 172 g/mol. The van der Waals surface area contributed by atoms with Crippen molar-refractivity contribution in [3.8, 4) is 0 Å². The molecule has 0 aromatic carbocycles. The molecule has 0 bridgehead atoms. The molecule has 0 saturated carbocycles. The van der Waals surface area contributed by atoms with Crippen molar-refractivity contribution in [3.05, 3.63) is 0 Å². The van der Waals surface area contributed by atoms with Crippen LogP contribution in [0.25, 0.3) is 0 Å². The molecule has 0 nitrogen and oxygen atoms in total. The van der Waals surface area contributed by atoms with E-state index in [4.69, 9.17) is 0 Å². The Morgan fingerprint density at radius 2 is 1.82 bits per heavy atom. The summed E-state index contributed by atoms with van der Waals surface area (Å²) in [5, 5.41) is 0. The maximum absolute atomic E-state index is 2.35. The maximum atomic E-state index is 2.35. The monoisotopic (exact) mass is 172 g/mol. The zero-order valence-corrected chi connectivity index (χ0v) is 8.67. The number of thioether (sulfide) groups is 1. The summed E-state index contributed by atoms with van der Waals surface area (Å²) in [4.78, 5) is 0. The number of hydrogen-bond donors (Lipinski definition) is 0. The second-order valence-electron chi connectivity index (χ2n) is 3.55. The summed E-state index contributed by atoms with van der Waals surface area (Å²) in [6, 6.07) is 0. The molecule has 1 aliphatic rings. The minimum Gasteiger partial charge on any atom is -0.155 e. The highest BCUT2D eigenvalue weighted by Gasteiger charge is 2.27. The van der Waals surface area contributed by atoms with Gasteiger partial charge in [0.2, 0.25) is 0 Å². The first-order valence-electron chi connectivity index (χ1n) is 4.97. The van der Waals surface area contributed by atoms with E-state index in [1.54, 1.807) is 0 Å². The van der Waals surface area contributed by atoms with E-state index in [1.165, 1.54) is 44.3 Å². The topological polar surface area (TPSA) is 0 Å². The lowest BCUT2D eigenvalue weighted by atomic mass is 9.95. The minimum atomic E-state index is 0.663. The molecule has 0 N–H and O–H groups in total. The van der Waals surface area contributed by atoms with Crippen molar-refractivity contribution in [3.63, 3.8) is 0 Å². The molecule has 0 atom stereocenters. The summed E-state index contributed by atoms with van der Waals surface area (Å²) in [5.41, 5.74) is 0. The first kappa shape index (κ1) is 9.44. The fourth-order valence-electron chi connectivity index (χ4n) is 1.89. The van der Waals surface area contributed by atoms with Crippen molar-refractivity contribution in [2.24, 2.45) is 0 Å². The van der Waals surface area contributed by atoms with Gasteiger partial charge in [-0.1, -0.05) is 26.7 Å². The average Bonchev–Trinajstić information content (AvgIpc) is 2.30. The van der Waals surface area contributed by atoms with E-state index in [0.29, 0.717) is 4.75 Å². The fraction of sp³-hybridized carbons (Fsp3) is 1.00. The lowest BCUT2D eigenvalue weighted by molar-refractivity contribution is 0.489. The second kappa shape index (κ2) is 4.39. The second-order valence-corrected chi connectivity index (χ2v) is 5.11. The lowest BCUT2D eigenvalue weighted by Gasteiger charge is -2.29. The highest BCUT2D eigenvalue weighted by Crippen LogP contribution is 2.40. The standard InChI is InChI=1S/C10H20S/c1-3-10(4-2)8-6-5-7-9-11-10/h3-9H2,1-2H3. The summed E-state index contributed by atoms with van der Waals surface area (Å²) >= 11 is 2.23.